The molecule has 78 heavy (non-hydrogen) atoms. The lowest BCUT2D eigenvalue weighted by atomic mass is 9.33. The van der Waals surface area contributed by atoms with E-state index in [0.717, 1.165) is 18.4 Å². The van der Waals surface area contributed by atoms with E-state index in [2.05, 4.69) is 47.6 Å². The van der Waals surface area contributed by atoms with Gasteiger partial charge >= 0.3 is 0 Å². The molecule has 8 fully saturated rings. The Morgan fingerprint density at radius 2 is 1.10 bits per heavy atom. The van der Waals surface area contributed by atoms with Crippen LogP contribution in [0.5, 0.6) is 0 Å². The first-order chi connectivity index (χ1) is 36.5. The predicted molar refractivity (Wildman–Crippen MR) is 271 cm³/mol. The van der Waals surface area contributed by atoms with Gasteiger partial charge in [0.1, 0.15) is 97.7 Å². The molecule has 4 aliphatic heterocycles. The Balaban J connectivity index is 1.03. The van der Waals surface area contributed by atoms with E-state index in [0.29, 0.717) is 38.5 Å². The minimum Gasteiger partial charge on any atom is -0.394 e. The third-order valence-electron chi connectivity index (χ3n) is 21.1. The van der Waals surface area contributed by atoms with E-state index in [-0.39, 0.29) is 40.4 Å². The Morgan fingerprint density at radius 1 is 0.590 bits per heavy atom. The molecule has 0 amide bonds. The molecular formula is C55H94O23. The Labute approximate surface area is 457 Å². The normalized spacial score (nSPS) is 53.1. The molecule has 8 rings (SSSR count). The quantitative estimate of drug-likeness (QED) is 0.0590. The Bertz CT molecular complexity index is 2030. The second-order valence-corrected chi connectivity index (χ2v) is 26.3. The molecule has 4 saturated heterocycles. The number of ether oxygens (including phenoxy) is 8. The highest BCUT2D eigenvalue weighted by atomic mass is 16.8. The van der Waals surface area contributed by atoms with Crippen molar-refractivity contribution in [3.05, 3.63) is 11.6 Å². The molecule has 0 bridgehead atoms. The number of allylic oxidation sites excluding steroid dienone is 2. The van der Waals surface area contributed by atoms with E-state index in [1.165, 1.54) is 0 Å². The summed E-state index contributed by atoms with van der Waals surface area (Å²) in [5.41, 5.74) is -1.71. The number of hydrogen-bond acceptors (Lipinski definition) is 23. The van der Waals surface area contributed by atoms with Crippen LogP contribution >= 0.6 is 0 Å². The fraction of sp³-hybridized carbons (Fsp3) is 0.964. The van der Waals surface area contributed by atoms with Gasteiger partial charge in [0.05, 0.1) is 44.2 Å². The monoisotopic (exact) mass is 1120 g/mol. The number of rotatable bonds is 16. The minimum absolute atomic E-state index is 0.00551. The molecule has 4 aliphatic carbocycles. The minimum atomic E-state index is -1.82. The summed E-state index contributed by atoms with van der Waals surface area (Å²) in [6, 6.07) is 0. The van der Waals surface area contributed by atoms with E-state index < -0.39 is 178 Å². The van der Waals surface area contributed by atoms with Crippen LogP contribution in [0.1, 0.15) is 114 Å². The van der Waals surface area contributed by atoms with Crippen molar-refractivity contribution in [2.45, 2.75) is 254 Å². The van der Waals surface area contributed by atoms with Crippen molar-refractivity contribution >= 4 is 0 Å². The van der Waals surface area contributed by atoms with Gasteiger partial charge in [0, 0.05) is 0 Å². The van der Waals surface area contributed by atoms with E-state index in [4.69, 9.17) is 37.9 Å². The summed E-state index contributed by atoms with van der Waals surface area (Å²) in [5.74, 6) is -0.450. The molecule has 23 nitrogen and oxygen atoms in total. The first-order valence-electron chi connectivity index (χ1n) is 28.3. The average Bonchev–Trinajstić information content (AvgIpc) is 3.93. The lowest BCUT2D eigenvalue weighted by Gasteiger charge is -2.72. The maximum absolute atomic E-state index is 12.9. The van der Waals surface area contributed by atoms with Crippen molar-refractivity contribution in [1.82, 2.24) is 0 Å². The Kier molecular flexibility index (Phi) is 19.1. The zero-order valence-electron chi connectivity index (χ0n) is 46.6. The zero-order chi connectivity index (χ0) is 57.5. The van der Waals surface area contributed by atoms with Gasteiger partial charge in [-0.05, 0) is 123 Å². The van der Waals surface area contributed by atoms with Gasteiger partial charge in [-0.1, -0.05) is 53.2 Å². The molecule has 4 heterocycles. The summed E-state index contributed by atoms with van der Waals surface area (Å²) in [6.07, 6.45) is -26.1. The lowest BCUT2D eigenvalue weighted by Crippen LogP contribution is -2.69. The molecule has 452 valence electrons. The SMILES string of the molecule is CC(C)=CCCC(C)(OC1OC(COC2OC(CO)C(O)C(O)C2O)C(O)C(O)C1O)C1CCC2(C)C1C(O)CC1C3(C)CCC(OC4OC(CO)C(O)C(O)C4OC4OC(CO)C(O)C(O)C4O)C(C)(C)C3C(C)CC12C. The number of aliphatic hydroxyl groups is 15. The number of fused-ring (bicyclic) bond motifs is 5. The van der Waals surface area contributed by atoms with Gasteiger partial charge in [0.25, 0.3) is 0 Å². The molecule has 8 aliphatic rings. The van der Waals surface area contributed by atoms with Crippen LogP contribution in [0.3, 0.4) is 0 Å². The molecule has 0 radical (unpaired) electrons. The van der Waals surface area contributed by atoms with Gasteiger partial charge in [-0.3, -0.25) is 0 Å². The molecule has 15 N–H and O–H groups in total. The molecule has 23 heteroatoms. The average molecular weight is 1120 g/mol. The fourth-order valence-electron chi connectivity index (χ4n) is 17.1. The summed E-state index contributed by atoms with van der Waals surface area (Å²) in [7, 11) is 0. The number of hydrogen-bond donors (Lipinski definition) is 15. The topological polar surface area (TPSA) is 377 Å². The van der Waals surface area contributed by atoms with Crippen LogP contribution < -0.4 is 0 Å². The molecule has 31 unspecified atom stereocenters. The van der Waals surface area contributed by atoms with E-state index in [1.807, 2.05) is 20.8 Å². The number of aliphatic hydroxyl groups excluding tert-OH is 15. The van der Waals surface area contributed by atoms with Gasteiger partial charge in [-0.15, -0.1) is 0 Å². The van der Waals surface area contributed by atoms with Crippen LogP contribution in [0, 0.1) is 51.2 Å². The van der Waals surface area contributed by atoms with Crippen molar-refractivity contribution in [3.63, 3.8) is 0 Å². The highest BCUT2D eigenvalue weighted by Gasteiger charge is 2.73. The molecule has 0 aromatic rings. The van der Waals surface area contributed by atoms with Gasteiger partial charge in [0.2, 0.25) is 0 Å². The Morgan fingerprint density at radius 3 is 1.68 bits per heavy atom. The molecule has 0 aromatic heterocycles. The first kappa shape index (κ1) is 62.9. The lowest BCUT2D eigenvalue weighted by molar-refractivity contribution is -0.379. The largest absolute Gasteiger partial charge is 0.394 e. The van der Waals surface area contributed by atoms with Gasteiger partial charge in [-0.25, -0.2) is 0 Å². The maximum Gasteiger partial charge on any atom is 0.187 e. The van der Waals surface area contributed by atoms with Gasteiger partial charge in [0.15, 0.2) is 25.2 Å². The van der Waals surface area contributed by atoms with E-state index in [1.54, 1.807) is 0 Å². The summed E-state index contributed by atoms with van der Waals surface area (Å²) in [5, 5.41) is 162. The fourth-order valence-corrected chi connectivity index (χ4v) is 17.1. The van der Waals surface area contributed by atoms with Crippen LogP contribution in [0.25, 0.3) is 0 Å². The van der Waals surface area contributed by atoms with Crippen molar-refractivity contribution in [3.8, 4) is 0 Å². The summed E-state index contributed by atoms with van der Waals surface area (Å²) in [4.78, 5) is 0. The Hall–Kier alpha value is -1.18. The summed E-state index contributed by atoms with van der Waals surface area (Å²) >= 11 is 0. The van der Waals surface area contributed by atoms with Crippen molar-refractivity contribution in [1.29, 1.82) is 0 Å². The van der Waals surface area contributed by atoms with Crippen LogP contribution in [0.15, 0.2) is 11.6 Å². The zero-order valence-corrected chi connectivity index (χ0v) is 46.6. The van der Waals surface area contributed by atoms with Gasteiger partial charge < -0.3 is 114 Å². The molecule has 0 spiro atoms. The van der Waals surface area contributed by atoms with Crippen molar-refractivity contribution in [2.75, 3.05) is 26.4 Å². The predicted octanol–water partition coefficient (Wildman–Crippen LogP) is -1.96. The summed E-state index contributed by atoms with van der Waals surface area (Å²) < 4.78 is 49.1. The molecule has 0 aromatic carbocycles. The van der Waals surface area contributed by atoms with Gasteiger partial charge in [-0.2, -0.15) is 0 Å². The standard InChI is InChI=1S/C55H94O23/c1-23(2)11-10-14-55(9,78-49-44(70)40(66)37(63)30(75-49)22-71-47-42(68)38(64)34(60)27(19-56)72-47)25-12-16-53(7)33(25)26(59)17-31-52(6)15-13-32(51(4,5)46(52)24(3)18-54(31,53)8)76-50-45(41(67)36(62)29(21-58)74-50)77-48-43(69)39(65)35(61)28(20-57)73-48/h11,24-50,56-70H,10,12-22H2,1-9H3. The van der Waals surface area contributed by atoms with Crippen LogP contribution in [-0.4, -0.2) is 244 Å². The smallest absolute Gasteiger partial charge is 0.187 e. The van der Waals surface area contributed by atoms with Crippen LogP contribution in [0.2, 0.25) is 0 Å². The third-order valence-corrected chi connectivity index (χ3v) is 21.1. The summed E-state index contributed by atoms with van der Waals surface area (Å²) in [6.45, 7) is 16.9. The third kappa shape index (κ3) is 10.9. The molecular weight excluding hydrogens is 1030 g/mol. The second-order valence-electron chi connectivity index (χ2n) is 26.3. The highest BCUT2D eigenvalue weighted by Crippen LogP contribution is 2.77. The molecule has 4 saturated carbocycles. The van der Waals surface area contributed by atoms with E-state index >= 15 is 0 Å². The maximum atomic E-state index is 12.9. The van der Waals surface area contributed by atoms with Crippen LogP contribution in [0.4, 0.5) is 0 Å². The molecule has 31 atom stereocenters. The van der Waals surface area contributed by atoms with Crippen molar-refractivity contribution < 1.29 is 114 Å². The second kappa shape index (κ2) is 23.7. The van der Waals surface area contributed by atoms with Crippen LogP contribution in [-0.2, 0) is 37.9 Å². The van der Waals surface area contributed by atoms with Crippen molar-refractivity contribution in [2.24, 2.45) is 51.2 Å². The van der Waals surface area contributed by atoms with E-state index in [9.17, 15) is 76.6 Å². The highest BCUT2D eigenvalue weighted by molar-refractivity contribution is 5.21. The first-order valence-corrected chi connectivity index (χ1v) is 28.3.